The molecule has 0 spiro atoms. The third-order valence-electron chi connectivity index (χ3n) is 4.93. The fourth-order valence-corrected chi connectivity index (χ4v) is 3.89. The zero-order valence-electron chi connectivity index (χ0n) is 19.0. The minimum absolute atomic E-state index is 0.164. The van der Waals surface area contributed by atoms with Crippen molar-refractivity contribution in [1.29, 1.82) is 0 Å². The highest BCUT2D eigenvalue weighted by Crippen LogP contribution is 2.34. The number of amides is 1. The minimum atomic E-state index is -0.590. The number of aliphatic hydroxyl groups excluding tert-OH is 1. The predicted molar refractivity (Wildman–Crippen MR) is 131 cm³/mol. The van der Waals surface area contributed by atoms with E-state index in [2.05, 4.69) is 30.5 Å². The van der Waals surface area contributed by atoms with Gasteiger partial charge in [-0.25, -0.2) is 4.98 Å². The first kappa shape index (κ1) is 24.5. The van der Waals surface area contributed by atoms with Gasteiger partial charge >= 0.3 is 0 Å². The molecule has 4 aromatic rings. The molecule has 0 aliphatic heterocycles. The van der Waals surface area contributed by atoms with Crippen LogP contribution in [0, 0.1) is 6.92 Å². The monoisotopic (exact) mass is 512 g/mol. The van der Waals surface area contributed by atoms with Gasteiger partial charge in [0.25, 0.3) is 11.1 Å². The van der Waals surface area contributed by atoms with Gasteiger partial charge in [0.15, 0.2) is 0 Å². The fourth-order valence-electron chi connectivity index (χ4n) is 3.14. The second-order valence-electron chi connectivity index (χ2n) is 7.45. The summed E-state index contributed by atoms with van der Waals surface area (Å²) in [4.78, 5) is 25.6. The van der Waals surface area contributed by atoms with Crippen LogP contribution in [0.15, 0.2) is 42.9 Å². The van der Waals surface area contributed by atoms with Gasteiger partial charge in [-0.2, -0.15) is 0 Å². The summed E-state index contributed by atoms with van der Waals surface area (Å²) in [6.07, 6.45) is 3.98. The number of nitrogens with zero attached hydrogens (tertiary/aromatic N) is 5. The second-order valence-corrected chi connectivity index (χ2v) is 8.78. The second kappa shape index (κ2) is 10.7. The lowest BCUT2D eigenvalue weighted by atomic mass is 10.0. The van der Waals surface area contributed by atoms with Gasteiger partial charge < -0.3 is 14.6 Å². The van der Waals surface area contributed by atoms with Crippen LogP contribution >= 0.6 is 22.9 Å². The summed E-state index contributed by atoms with van der Waals surface area (Å²) in [6, 6.07) is 6.94. The number of carbonyl (C=O) groups is 1. The van der Waals surface area contributed by atoms with E-state index in [0.29, 0.717) is 39.4 Å². The Bertz CT molecular complexity index is 1350. The van der Waals surface area contributed by atoms with Gasteiger partial charge in [-0.3, -0.25) is 20.1 Å². The molecule has 0 radical (unpaired) electrons. The van der Waals surface area contributed by atoms with Gasteiger partial charge in [-0.15, -0.1) is 5.10 Å². The van der Waals surface area contributed by atoms with Crippen molar-refractivity contribution < 1.29 is 19.4 Å². The van der Waals surface area contributed by atoms with Crippen LogP contribution in [0.4, 0.5) is 5.13 Å². The zero-order valence-corrected chi connectivity index (χ0v) is 20.6. The van der Waals surface area contributed by atoms with Gasteiger partial charge in [0.05, 0.1) is 30.7 Å². The Balaban J connectivity index is 1.49. The number of anilines is 1. The van der Waals surface area contributed by atoms with E-state index >= 15 is 0 Å². The molecule has 0 fully saturated rings. The number of hydrogen-bond acceptors (Lipinski definition) is 10. The Labute approximate surface area is 210 Å². The molecule has 1 amide bonds. The Hall–Kier alpha value is -3.67. The van der Waals surface area contributed by atoms with Crippen molar-refractivity contribution in [3.05, 3.63) is 70.5 Å². The van der Waals surface area contributed by atoms with E-state index in [0.717, 1.165) is 11.3 Å². The largest absolute Gasteiger partial charge is 0.494 e. The molecule has 4 aromatic heterocycles. The molecular weight excluding hydrogens is 492 g/mol. The molecule has 0 aliphatic carbocycles. The topological polar surface area (TPSA) is 132 Å². The van der Waals surface area contributed by atoms with Gasteiger partial charge in [-0.1, -0.05) is 22.8 Å². The molecule has 0 saturated carbocycles. The molecule has 35 heavy (non-hydrogen) atoms. The lowest BCUT2D eigenvalue weighted by Gasteiger charge is -2.13. The number of pyridine rings is 3. The summed E-state index contributed by atoms with van der Waals surface area (Å²) in [7, 11) is 1.52. The zero-order chi connectivity index (χ0) is 24.9. The molecule has 0 unspecified atom stereocenters. The molecule has 12 heteroatoms. The molecule has 1 atom stereocenters. The predicted octanol–water partition coefficient (Wildman–Crippen LogP) is 4.25. The lowest BCUT2D eigenvalue weighted by Crippen LogP contribution is -2.14. The number of aryl methyl sites for hydroxylation is 1. The standard InChI is InChI=1S/C23H21ClN6O4S/c1-12-6-16(17-7-20(24)27-10-19(17)33-3)18(9-25-12)21(32)28-22-29-30-23(35-22)34-11-15-5-4-14(8-26-15)13(2)31/h4-10,13,31H,11H2,1-3H3,(H,28,29,32)/t13-/m0/s1. The average Bonchev–Trinajstić information content (AvgIpc) is 3.30. The van der Waals surface area contributed by atoms with Crippen LogP contribution in [0.2, 0.25) is 5.15 Å². The highest BCUT2D eigenvalue weighted by atomic mass is 35.5. The van der Waals surface area contributed by atoms with Crippen molar-refractivity contribution in [2.45, 2.75) is 26.6 Å². The van der Waals surface area contributed by atoms with Crippen LogP contribution in [0.25, 0.3) is 11.1 Å². The number of rotatable bonds is 8. The molecule has 4 rings (SSSR count). The molecule has 2 N–H and O–H groups in total. The maximum absolute atomic E-state index is 13.1. The van der Waals surface area contributed by atoms with Crippen LogP contribution in [0.5, 0.6) is 10.9 Å². The molecule has 0 bridgehead atoms. The number of halogens is 1. The Morgan fingerprint density at radius 2 is 1.97 bits per heavy atom. The van der Waals surface area contributed by atoms with E-state index in [1.165, 1.54) is 19.5 Å². The highest BCUT2D eigenvalue weighted by Gasteiger charge is 2.19. The first-order valence-electron chi connectivity index (χ1n) is 10.4. The van der Waals surface area contributed by atoms with E-state index < -0.39 is 12.0 Å². The Morgan fingerprint density at radius 3 is 2.69 bits per heavy atom. The minimum Gasteiger partial charge on any atom is -0.494 e. The molecule has 10 nitrogen and oxygen atoms in total. The number of nitrogens with one attached hydrogen (secondary N) is 1. The van der Waals surface area contributed by atoms with E-state index in [1.54, 1.807) is 37.4 Å². The summed E-state index contributed by atoms with van der Waals surface area (Å²) in [5, 5.41) is 21.0. The Kier molecular flexibility index (Phi) is 7.49. The molecule has 180 valence electrons. The van der Waals surface area contributed by atoms with Crippen LogP contribution < -0.4 is 14.8 Å². The number of carbonyl (C=O) groups excluding carboxylic acids is 1. The van der Waals surface area contributed by atoms with Gasteiger partial charge in [0, 0.05) is 29.2 Å². The van der Waals surface area contributed by atoms with Crippen molar-refractivity contribution in [2.24, 2.45) is 0 Å². The summed E-state index contributed by atoms with van der Waals surface area (Å²) < 4.78 is 11.0. The third kappa shape index (κ3) is 5.88. The lowest BCUT2D eigenvalue weighted by molar-refractivity contribution is 0.102. The van der Waals surface area contributed by atoms with Gasteiger partial charge in [0.2, 0.25) is 5.13 Å². The van der Waals surface area contributed by atoms with E-state index in [4.69, 9.17) is 21.1 Å². The summed E-state index contributed by atoms with van der Waals surface area (Å²) in [5.74, 6) is 0.0382. The van der Waals surface area contributed by atoms with Crippen molar-refractivity contribution in [1.82, 2.24) is 25.1 Å². The highest BCUT2D eigenvalue weighted by molar-refractivity contribution is 7.17. The summed E-state index contributed by atoms with van der Waals surface area (Å²) in [6.45, 7) is 3.65. The molecule has 4 heterocycles. The number of hydrogen-bond donors (Lipinski definition) is 2. The number of aromatic nitrogens is 5. The maximum Gasteiger partial charge on any atom is 0.296 e. The summed E-state index contributed by atoms with van der Waals surface area (Å²) in [5.41, 5.74) is 3.59. The third-order valence-corrected chi connectivity index (χ3v) is 5.89. The maximum atomic E-state index is 13.1. The molecule has 0 aromatic carbocycles. The normalized spacial score (nSPS) is 11.7. The van der Waals surface area contributed by atoms with Crippen LogP contribution in [-0.2, 0) is 6.61 Å². The van der Waals surface area contributed by atoms with Crippen LogP contribution in [-0.4, -0.2) is 43.3 Å². The average molecular weight is 513 g/mol. The number of methoxy groups -OCH3 is 1. The summed E-state index contributed by atoms with van der Waals surface area (Å²) >= 11 is 7.17. The Morgan fingerprint density at radius 1 is 1.14 bits per heavy atom. The first-order valence-corrected chi connectivity index (χ1v) is 11.6. The number of aliphatic hydroxyl groups is 1. The first-order chi connectivity index (χ1) is 16.8. The van der Waals surface area contributed by atoms with Crippen molar-refractivity contribution in [3.63, 3.8) is 0 Å². The number of ether oxygens (including phenoxy) is 2. The fraction of sp³-hybridized carbons (Fsp3) is 0.217. The van der Waals surface area contributed by atoms with E-state index in [1.807, 2.05) is 6.92 Å². The van der Waals surface area contributed by atoms with Crippen LogP contribution in [0.3, 0.4) is 0 Å². The molecular formula is C23H21ClN6O4S. The van der Waals surface area contributed by atoms with Crippen molar-refractivity contribution >= 4 is 34.0 Å². The van der Waals surface area contributed by atoms with Crippen LogP contribution in [0.1, 0.15) is 40.3 Å². The van der Waals surface area contributed by atoms with Gasteiger partial charge in [-0.05, 0) is 48.9 Å². The quantitative estimate of drug-likeness (QED) is 0.332. The SMILES string of the molecule is COc1cnc(Cl)cc1-c1cc(C)ncc1C(=O)Nc1nnc(OCc2ccc([C@H](C)O)cn2)s1. The van der Waals surface area contributed by atoms with Crippen molar-refractivity contribution in [2.75, 3.05) is 12.4 Å². The molecule has 0 saturated heterocycles. The van der Waals surface area contributed by atoms with E-state index in [9.17, 15) is 9.90 Å². The van der Waals surface area contributed by atoms with E-state index in [-0.39, 0.29) is 22.1 Å². The van der Waals surface area contributed by atoms with Crippen molar-refractivity contribution in [3.8, 4) is 22.1 Å². The smallest absolute Gasteiger partial charge is 0.296 e. The van der Waals surface area contributed by atoms with Gasteiger partial charge in [0.1, 0.15) is 17.5 Å². The molecule has 0 aliphatic rings.